The van der Waals surface area contributed by atoms with Crippen LogP contribution in [0.2, 0.25) is 0 Å². The number of hydrogen-bond acceptors (Lipinski definition) is 2. The Kier molecular flexibility index (Phi) is 2.82. The van der Waals surface area contributed by atoms with Gasteiger partial charge in [0.15, 0.2) is 0 Å². The van der Waals surface area contributed by atoms with E-state index in [1.54, 1.807) is 0 Å². The van der Waals surface area contributed by atoms with Crippen molar-refractivity contribution in [2.75, 3.05) is 13.1 Å². The van der Waals surface area contributed by atoms with E-state index in [0.29, 0.717) is 0 Å². The fraction of sp³-hybridized carbons (Fsp3) is 0.417. The summed E-state index contributed by atoms with van der Waals surface area (Å²) in [5.41, 5.74) is 2.74. The molecule has 2 rings (SSSR count). The Balaban J connectivity index is 1.91. The third kappa shape index (κ3) is 2.34. The second-order valence-corrected chi connectivity index (χ2v) is 3.74. The van der Waals surface area contributed by atoms with Crippen molar-refractivity contribution in [3.63, 3.8) is 0 Å². The van der Waals surface area contributed by atoms with Crippen LogP contribution in [-0.4, -0.2) is 18.9 Å². The topological polar surface area (TPSA) is 24.4 Å². The number of nitrogens with zero attached hydrogens (tertiary/aromatic N) is 1. The molecule has 1 N–H and O–H groups in total. The van der Waals surface area contributed by atoms with Crippen LogP contribution in [0, 0.1) is 6.92 Å². The molecule has 0 fully saturated rings. The molecule has 1 aromatic carbocycles. The molecule has 1 aliphatic heterocycles. The highest BCUT2D eigenvalue weighted by Crippen LogP contribution is 2.07. The minimum absolute atomic E-state index is 0.948. The molecule has 0 bridgehead atoms. The quantitative estimate of drug-likeness (QED) is 0.770. The van der Waals surface area contributed by atoms with Crippen molar-refractivity contribution in [2.24, 2.45) is 4.99 Å². The Morgan fingerprint density at radius 1 is 1.36 bits per heavy atom. The lowest BCUT2D eigenvalue weighted by Gasteiger charge is -2.03. The molecule has 2 heteroatoms. The maximum Gasteiger partial charge on any atom is 0.0967 e. The van der Waals surface area contributed by atoms with Crippen LogP contribution in [0.4, 0.5) is 0 Å². The van der Waals surface area contributed by atoms with Crippen LogP contribution in [-0.2, 0) is 6.42 Å². The summed E-state index contributed by atoms with van der Waals surface area (Å²) in [7, 11) is 0. The molecule has 74 valence electrons. The molecule has 0 atom stereocenters. The monoisotopic (exact) mass is 188 g/mol. The number of aliphatic imine (C=N–C) groups is 1. The van der Waals surface area contributed by atoms with Gasteiger partial charge in [-0.15, -0.1) is 0 Å². The zero-order valence-corrected chi connectivity index (χ0v) is 8.59. The summed E-state index contributed by atoms with van der Waals surface area (Å²) in [6, 6.07) is 8.68. The lowest BCUT2D eigenvalue weighted by atomic mass is 10.1. The molecule has 1 aliphatic rings. The summed E-state index contributed by atoms with van der Waals surface area (Å²) in [5, 5.41) is 3.29. The Labute approximate surface area is 85.1 Å². The highest BCUT2D eigenvalue weighted by Gasteiger charge is 2.04. The number of rotatable bonds is 3. The molecule has 1 heterocycles. The first-order valence-electron chi connectivity index (χ1n) is 5.17. The predicted octanol–water partition coefficient (Wildman–Crippen LogP) is 1.93. The molecule has 2 nitrogen and oxygen atoms in total. The van der Waals surface area contributed by atoms with Crippen molar-refractivity contribution in [1.29, 1.82) is 0 Å². The van der Waals surface area contributed by atoms with Gasteiger partial charge in [0.2, 0.25) is 0 Å². The van der Waals surface area contributed by atoms with Crippen molar-refractivity contribution < 1.29 is 0 Å². The number of nitrogens with one attached hydrogen (secondary N) is 1. The van der Waals surface area contributed by atoms with Crippen molar-refractivity contribution in [3.05, 3.63) is 35.4 Å². The Bertz CT molecular complexity index is 342. The number of aryl methyl sites for hydroxylation is 2. The molecule has 0 amide bonds. The molecule has 0 aromatic heterocycles. The molecular formula is C12H16N2. The third-order valence-electron chi connectivity index (χ3n) is 2.48. The van der Waals surface area contributed by atoms with Gasteiger partial charge in [0, 0.05) is 13.0 Å². The number of benzene rings is 1. The first-order valence-corrected chi connectivity index (χ1v) is 5.17. The van der Waals surface area contributed by atoms with E-state index < -0.39 is 0 Å². The van der Waals surface area contributed by atoms with Crippen molar-refractivity contribution in [3.8, 4) is 0 Å². The molecular weight excluding hydrogens is 172 g/mol. The summed E-state index contributed by atoms with van der Waals surface area (Å²) in [6.45, 7) is 4.10. The van der Waals surface area contributed by atoms with Gasteiger partial charge in [0.25, 0.3) is 0 Å². The van der Waals surface area contributed by atoms with E-state index in [9.17, 15) is 0 Å². The smallest absolute Gasteiger partial charge is 0.0967 e. The van der Waals surface area contributed by atoms with Gasteiger partial charge in [0.05, 0.1) is 12.4 Å². The van der Waals surface area contributed by atoms with Gasteiger partial charge in [-0.2, -0.15) is 0 Å². The first kappa shape index (κ1) is 9.25. The number of hydrogen-bond donors (Lipinski definition) is 1. The zero-order valence-electron chi connectivity index (χ0n) is 8.59. The van der Waals surface area contributed by atoms with Crippen LogP contribution in [0.15, 0.2) is 29.3 Å². The zero-order chi connectivity index (χ0) is 9.80. The Morgan fingerprint density at radius 2 is 2.29 bits per heavy atom. The predicted molar refractivity (Wildman–Crippen MR) is 59.8 cm³/mol. The van der Waals surface area contributed by atoms with Crippen LogP contribution in [0.25, 0.3) is 0 Å². The maximum absolute atomic E-state index is 4.38. The van der Waals surface area contributed by atoms with E-state index in [2.05, 4.69) is 41.5 Å². The number of amidine groups is 1. The standard InChI is InChI=1S/C12H16N2/c1-10-3-2-4-11(9-10)5-6-12-13-7-8-14-12/h2-4,9H,5-8H2,1H3,(H,13,14). The third-order valence-corrected chi connectivity index (χ3v) is 2.48. The summed E-state index contributed by atoms with van der Waals surface area (Å²) < 4.78 is 0. The van der Waals surface area contributed by atoms with Gasteiger partial charge < -0.3 is 5.32 Å². The molecule has 0 unspecified atom stereocenters. The molecule has 0 spiro atoms. The summed E-state index contributed by atoms with van der Waals surface area (Å²) in [6.07, 6.45) is 2.14. The van der Waals surface area contributed by atoms with Gasteiger partial charge in [-0.3, -0.25) is 4.99 Å². The van der Waals surface area contributed by atoms with Crippen molar-refractivity contribution in [1.82, 2.24) is 5.32 Å². The second kappa shape index (κ2) is 4.27. The molecule has 0 saturated carbocycles. The van der Waals surface area contributed by atoms with Crippen LogP contribution in [0.3, 0.4) is 0 Å². The highest BCUT2D eigenvalue weighted by molar-refractivity contribution is 5.83. The second-order valence-electron chi connectivity index (χ2n) is 3.74. The van der Waals surface area contributed by atoms with Crippen molar-refractivity contribution in [2.45, 2.75) is 19.8 Å². The van der Waals surface area contributed by atoms with Gasteiger partial charge in [-0.25, -0.2) is 0 Å². The van der Waals surface area contributed by atoms with Gasteiger partial charge in [-0.1, -0.05) is 29.8 Å². The SMILES string of the molecule is Cc1cccc(CCC2=NCCN2)c1. The van der Waals surface area contributed by atoms with Crippen molar-refractivity contribution >= 4 is 5.84 Å². The van der Waals surface area contributed by atoms with Crippen LogP contribution >= 0.6 is 0 Å². The fourth-order valence-corrected chi connectivity index (χ4v) is 1.74. The molecule has 0 saturated heterocycles. The summed E-state index contributed by atoms with van der Waals surface area (Å²) in [4.78, 5) is 4.38. The van der Waals surface area contributed by atoms with Crippen LogP contribution in [0.5, 0.6) is 0 Å². The van der Waals surface area contributed by atoms with E-state index in [4.69, 9.17) is 0 Å². The van der Waals surface area contributed by atoms with E-state index >= 15 is 0 Å². The Hall–Kier alpha value is -1.31. The summed E-state index contributed by atoms with van der Waals surface area (Å²) >= 11 is 0. The lowest BCUT2D eigenvalue weighted by molar-refractivity contribution is 0.933. The fourth-order valence-electron chi connectivity index (χ4n) is 1.74. The van der Waals surface area contributed by atoms with Crippen LogP contribution in [0.1, 0.15) is 17.5 Å². The molecule has 0 radical (unpaired) electrons. The van der Waals surface area contributed by atoms with Gasteiger partial charge in [-0.05, 0) is 18.9 Å². The molecule has 1 aromatic rings. The van der Waals surface area contributed by atoms with Gasteiger partial charge >= 0.3 is 0 Å². The normalized spacial score (nSPS) is 15.1. The minimum atomic E-state index is 0.948. The summed E-state index contributed by atoms with van der Waals surface area (Å²) in [5.74, 6) is 1.17. The highest BCUT2D eigenvalue weighted by atomic mass is 15.1. The Morgan fingerprint density at radius 3 is 3.00 bits per heavy atom. The largest absolute Gasteiger partial charge is 0.372 e. The van der Waals surface area contributed by atoms with E-state index in [1.165, 1.54) is 17.0 Å². The van der Waals surface area contributed by atoms with E-state index in [1.807, 2.05) is 0 Å². The minimum Gasteiger partial charge on any atom is -0.372 e. The van der Waals surface area contributed by atoms with E-state index in [0.717, 1.165) is 25.9 Å². The van der Waals surface area contributed by atoms with Gasteiger partial charge in [0.1, 0.15) is 0 Å². The van der Waals surface area contributed by atoms with Crippen LogP contribution < -0.4 is 5.32 Å². The van der Waals surface area contributed by atoms with E-state index in [-0.39, 0.29) is 0 Å². The molecule has 0 aliphatic carbocycles. The average Bonchev–Trinajstić information content (AvgIpc) is 2.67. The maximum atomic E-state index is 4.38. The first-order chi connectivity index (χ1) is 6.84. The molecule has 14 heavy (non-hydrogen) atoms. The lowest BCUT2D eigenvalue weighted by Crippen LogP contribution is -2.18. The average molecular weight is 188 g/mol.